The summed E-state index contributed by atoms with van der Waals surface area (Å²) < 4.78 is 5.17. The van der Waals surface area contributed by atoms with Crippen LogP contribution in [0.2, 0.25) is 0 Å². The third kappa shape index (κ3) is 4.11. The van der Waals surface area contributed by atoms with Crippen molar-refractivity contribution < 1.29 is 14.3 Å². The number of furan rings is 1. The van der Waals surface area contributed by atoms with Gasteiger partial charge in [-0.3, -0.25) is 0 Å². The molecule has 2 aromatic rings. The maximum atomic E-state index is 11.6. The molecule has 108 valence electrons. The van der Waals surface area contributed by atoms with Gasteiger partial charge in [0.05, 0.1) is 12.8 Å². The van der Waals surface area contributed by atoms with E-state index < -0.39 is 5.60 Å². The predicted molar refractivity (Wildman–Crippen MR) is 77.7 cm³/mol. The number of nitrogens with one attached hydrogen (secondary N) is 2. The Kier molecular flexibility index (Phi) is 4.81. The summed E-state index contributed by atoms with van der Waals surface area (Å²) in [5.41, 5.74) is -1.05. The zero-order valence-electron chi connectivity index (χ0n) is 11.3. The largest absolute Gasteiger partial charge is 0.469 e. The maximum Gasteiger partial charge on any atom is 0.314 e. The fraction of sp³-hybridized carbons (Fsp3) is 0.357. The van der Waals surface area contributed by atoms with Crippen LogP contribution in [0.1, 0.15) is 17.6 Å². The van der Waals surface area contributed by atoms with Crippen LogP contribution in [0.5, 0.6) is 0 Å². The first-order valence-electron chi connectivity index (χ1n) is 6.38. The summed E-state index contributed by atoms with van der Waals surface area (Å²) in [6.45, 7) is 2.34. The monoisotopic (exact) mass is 294 g/mol. The number of urea groups is 1. The first-order chi connectivity index (χ1) is 9.58. The SMILES string of the molecule is C[C@@](O)(CNC(=O)NCCc1ccco1)c1cccs1. The second-order valence-corrected chi connectivity index (χ2v) is 5.64. The normalized spacial score (nSPS) is 13.7. The summed E-state index contributed by atoms with van der Waals surface area (Å²) in [6.07, 6.45) is 2.25. The summed E-state index contributed by atoms with van der Waals surface area (Å²) in [4.78, 5) is 12.5. The third-order valence-corrected chi connectivity index (χ3v) is 4.01. The van der Waals surface area contributed by atoms with E-state index in [1.54, 1.807) is 13.2 Å². The van der Waals surface area contributed by atoms with Crippen molar-refractivity contribution in [1.82, 2.24) is 10.6 Å². The van der Waals surface area contributed by atoms with Crippen LogP contribution in [-0.2, 0) is 12.0 Å². The van der Waals surface area contributed by atoms with Crippen LogP contribution < -0.4 is 10.6 Å². The van der Waals surface area contributed by atoms with Crippen LogP contribution in [0, 0.1) is 0 Å². The Morgan fingerprint density at radius 2 is 2.25 bits per heavy atom. The van der Waals surface area contributed by atoms with Crippen LogP contribution in [0.25, 0.3) is 0 Å². The molecule has 0 aliphatic rings. The molecule has 0 unspecified atom stereocenters. The van der Waals surface area contributed by atoms with Crippen LogP contribution >= 0.6 is 11.3 Å². The molecule has 2 aromatic heterocycles. The van der Waals surface area contributed by atoms with Crippen molar-refractivity contribution in [2.24, 2.45) is 0 Å². The van der Waals surface area contributed by atoms with E-state index >= 15 is 0 Å². The van der Waals surface area contributed by atoms with E-state index in [0.29, 0.717) is 13.0 Å². The van der Waals surface area contributed by atoms with Gasteiger partial charge in [-0.1, -0.05) is 6.07 Å². The lowest BCUT2D eigenvalue weighted by Crippen LogP contribution is -2.43. The molecule has 0 aliphatic carbocycles. The number of aliphatic hydroxyl groups is 1. The molecule has 2 rings (SSSR count). The lowest BCUT2D eigenvalue weighted by molar-refractivity contribution is 0.0631. The molecular weight excluding hydrogens is 276 g/mol. The molecular formula is C14H18N2O3S. The minimum Gasteiger partial charge on any atom is -0.469 e. The van der Waals surface area contributed by atoms with Gasteiger partial charge in [-0.25, -0.2) is 4.79 Å². The minimum absolute atomic E-state index is 0.167. The van der Waals surface area contributed by atoms with E-state index in [-0.39, 0.29) is 12.6 Å². The van der Waals surface area contributed by atoms with Crippen LogP contribution in [0.15, 0.2) is 40.3 Å². The Hall–Kier alpha value is -1.79. The minimum atomic E-state index is -1.05. The molecule has 5 nitrogen and oxygen atoms in total. The zero-order chi connectivity index (χ0) is 14.4. The van der Waals surface area contributed by atoms with Gasteiger partial charge < -0.3 is 20.2 Å². The number of thiophene rings is 1. The Labute approximate surface area is 121 Å². The molecule has 0 radical (unpaired) electrons. The second kappa shape index (κ2) is 6.58. The summed E-state index contributed by atoms with van der Waals surface area (Å²) in [6, 6.07) is 7.10. The number of hydrogen-bond donors (Lipinski definition) is 3. The fourth-order valence-corrected chi connectivity index (χ4v) is 2.53. The van der Waals surface area contributed by atoms with Crippen molar-refractivity contribution in [1.29, 1.82) is 0 Å². The molecule has 0 fully saturated rings. The Morgan fingerprint density at radius 3 is 2.90 bits per heavy atom. The maximum absolute atomic E-state index is 11.6. The number of hydrogen-bond acceptors (Lipinski definition) is 4. The molecule has 1 atom stereocenters. The second-order valence-electron chi connectivity index (χ2n) is 4.69. The first-order valence-corrected chi connectivity index (χ1v) is 7.26. The van der Waals surface area contributed by atoms with E-state index in [9.17, 15) is 9.90 Å². The molecule has 0 saturated heterocycles. The number of rotatable bonds is 6. The summed E-state index contributed by atoms with van der Waals surface area (Å²) in [5, 5.41) is 17.5. The topological polar surface area (TPSA) is 74.5 Å². The highest BCUT2D eigenvalue weighted by atomic mass is 32.1. The summed E-state index contributed by atoms with van der Waals surface area (Å²) >= 11 is 1.46. The van der Waals surface area contributed by atoms with Gasteiger partial charge in [0.15, 0.2) is 0 Å². The highest BCUT2D eigenvalue weighted by Gasteiger charge is 2.24. The van der Waals surface area contributed by atoms with Gasteiger partial charge in [0.25, 0.3) is 0 Å². The molecule has 3 N–H and O–H groups in total. The lowest BCUT2D eigenvalue weighted by atomic mass is 10.1. The molecule has 0 aliphatic heterocycles. The zero-order valence-corrected chi connectivity index (χ0v) is 12.1. The third-order valence-electron chi connectivity index (χ3n) is 2.88. The van der Waals surface area contributed by atoms with E-state index in [1.807, 2.05) is 29.6 Å². The molecule has 2 amide bonds. The smallest absolute Gasteiger partial charge is 0.314 e. The first kappa shape index (κ1) is 14.6. The van der Waals surface area contributed by atoms with E-state index in [2.05, 4.69) is 10.6 Å². The average molecular weight is 294 g/mol. The Bertz CT molecular complexity index is 521. The molecule has 2 heterocycles. The number of carbonyl (C=O) groups is 1. The van der Waals surface area contributed by atoms with E-state index in [0.717, 1.165) is 10.6 Å². The van der Waals surface area contributed by atoms with Crippen molar-refractivity contribution in [3.63, 3.8) is 0 Å². The van der Waals surface area contributed by atoms with Gasteiger partial charge in [-0.2, -0.15) is 0 Å². The number of amides is 2. The fourth-order valence-electron chi connectivity index (χ4n) is 1.74. The van der Waals surface area contributed by atoms with E-state index in [1.165, 1.54) is 11.3 Å². The molecule has 0 aromatic carbocycles. The highest BCUT2D eigenvalue weighted by Crippen LogP contribution is 2.24. The standard InChI is InChI=1S/C14H18N2O3S/c1-14(18,12-5-3-9-20-12)10-16-13(17)15-7-6-11-4-2-8-19-11/h2-5,8-9,18H,6-7,10H2,1H3,(H2,15,16,17)/t14-/m1/s1. The van der Waals surface area contributed by atoms with Crippen LogP contribution in [0.4, 0.5) is 4.79 Å². The molecule has 6 heteroatoms. The average Bonchev–Trinajstić information content (AvgIpc) is 3.09. The summed E-state index contributed by atoms with van der Waals surface area (Å²) in [7, 11) is 0. The van der Waals surface area contributed by atoms with Crippen molar-refractivity contribution >= 4 is 17.4 Å². The van der Waals surface area contributed by atoms with Crippen LogP contribution in [-0.4, -0.2) is 24.2 Å². The van der Waals surface area contributed by atoms with E-state index in [4.69, 9.17) is 4.42 Å². The van der Waals surface area contributed by atoms with Crippen molar-refractivity contribution in [2.45, 2.75) is 18.9 Å². The van der Waals surface area contributed by atoms with Gasteiger partial charge >= 0.3 is 6.03 Å². The van der Waals surface area contributed by atoms with Gasteiger partial charge in [0.2, 0.25) is 0 Å². The van der Waals surface area contributed by atoms with Gasteiger partial charge in [-0.15, -0.1) is 11.3 Å². The van der Waals surface area contributed by atoms with Crippen molar-refractivity contribution in [2.75, 3.05) is 13.1 Å². The molecule has 0 saturated carbocycles. The molecule has 20 heavy (non-hydrogen) atoms. The Morgan fingerprint density at radius 1 is 1.40 bits per heavy atom. The Balaban J connectivity index is 1.69. The van der Waals surface area contributed by atoms with Crippen LogP contribution in [0.3, 0.4) is 0 Å². The van der Waals surface area contributed by atoms with Crippen molar-refractivity contribution in [3.05, 3.63) is 46.5 Å². The summed E-state index contributed by atoms with van der Waals surface area (Å²) in [5.74, 6) is 0.830. The highest BCUT2D eigenvalue weighted by molar-refractivity contribution is 7.10. The number of carbonyl (C=O) groups excluding carboxylic acids is 1. The molecule has 0 bridgehead atoms. The predicted octanol–water partition coefficient (Wildman–Crippen LogP) is 2.09. The van der Waals surface area contributed by atoms with Gasteiger partial charge in [-0.05, 0) is 30.5 Å². The quantitative estimate of drug-likeness (QED) is 0.763. The van der Waals surface area contributed by atoms with Crippen molar-refractivity contribution in [3.8, 4) is 0 Å². The van der Waals surface area contributed by atoms with Gasteiger partial charge in [0.1, 0.15) is 11.4 Å². The lowest BCUT2D eigenvalue weighted by Gasteiger charge is -2.22. The van der Waals surface area contributed by atoms with Gasteiger partial charge in [0, 0.05) is 17.8 Å². The molecule has 0 spiro atoms.